The molecule has 1 unspecified atom stereocenters. The van der Waals surface area contributed by atoms with Gasteiger partial charge < -0.3 is 11.5 Å². The number of benzene rings is 2. The number of anilines is 1. The SMILES string of the molecule is NC(=O)CSCC(c1ccccc1)c1cc(Cl)ccc1N. The summed E-state index contributed by atoms with van der Waals surface area (Å²) < 4.78 is 0. The van der Waals surface area contributed by atoms with Crippen molar-refractivity contribution in [3.63, 3.8) is 0 Å². The van der Waals surface area contributed by atoms with Gasteiger partial charge >= 0.3 is 0 Å². The van der Waals surface area contributed by atoms with Crippen LogP contribution in [0, 0.1) is 0 Å². The highest BCUT2D eigenvalue weighted by Gasteiger charge is 2.17. The van der Waals surface area contributed by atoms with Crippen LogP contribution < -0.4 is 11.5 Å². The summed E-state index contributed by atoms with van der Waals surface area (Å²) >= 11 is 7.60. The van der Waals surface area contributed by atoms with Crippen molar-refractivity contribution in [2.24, 2.45) is 5.73 Å². The van der Waals surface area contributed by atoms with E-state index in [1.54, 1.807) is 6.07 Å². The Bertz CT molecular complexity index is 619. The second-order valence-electron chi connectivity index (χ2n) is 4.72. The van der Waals surface area contributed by atoms with Crippen molar-refractivity contribution in [2.45, 2.75) is 5.92 Å². The van der Waals surface area contributed by atoms with Crippen LogP contribution in [-0.2, 0) is 4.79 Å². The lowest BCUT2D eigenvalue weighted by molar-refractivity contribution is -0.115. The maximum atomic E-state index is 10.9. The molecule has 1 atom stereocenters. The minimum atomic E-state index is -0.314. The Kier molecular flexibility index (Phi) is 5.53. The second kappa shape index (κ2) is 7.38. The summed E-state index contributed by atoms with van der Waals surface area (Å²) in [4.78, 5) is 10.9. The van der Waals surface area contributed by atoms with Gasteiger partial charge in [-0.2, -0.15) is 11.8 Å². The first-order valence-corrected chi connectivity index (χ1v) is 8.07. The van der Waals surface area contributed by atoms with Crippen LogP contribution >= 0.6 is 23.4 Å². The highest BCUT2D eigenvalue weighted by atomic mass is 35.5. The van der Waals surface area contributed by atoms with Crippen LogP contribution in [0.4, 0.5) is 5.69 Å². The predicted octanol–water partition coefficient (Wildman–Crippen LogP) is 3.27. The van der Waals surface area contributed by atoms with Crippen molar-refractivity contribution in [3.8, 4) is 0 Å². The molecule has 3 nitrogen and oxygen atoms in total. The smallest absolute Gasteiger partial charge is 0.227 e. The van der Waals surface area contributed by atoms with E-state index in [9.17, 15) is 4.79 Å². The van der Waals surface area contributed by atoms with Crippen LogP contribution in [0.1, 0.15) is 17.0 Å². The molecule has 0 bridgehead atoms. The molecule has 5 heteroatoms. The molecular weight excluding hydrogens is 304 g/mol. The number of halogens is 1. The average molecular weight is 321 g/mol. The molecule has 0 fully saturated rings. The first kappa shape index (κ1) is 15.7. The van der Waals surface area contributed by atoms with Gasteiger partial charge in [0.1, 0.15) is 0 Å². The van der Waals surface area contributed by atoms with Crippen molar-refractivity contribution >= 4 is 35.0 Å². The van der Waals surface area contributed by atoms with E-state index in [1.807, 2.05) is 30.3 Å². The van der Waals surface area contributed by atoms with Crippen LogP contribution in [-0.4, -0.2) is 17.4 Å². The summed E-state index contributed by atoms with van der Waals surface area (Å²) in [5.74, 6) is 0.779. The van der Waals surface area contributed by atoms with Gasteiger partial charge in [-0.25, -0.2) is 0 Å². The predicted molar refractivity (Wildman–Crippen MR) is 90.7 cm³/mol. The molecule has 110 valence electrons. The fourth-order valence-corrected chi connectivity index (χ4v) is 3.28. The molecule has 2 rings (SSSR count). The van der Waals surface area contributed by atoms with Gasteiger partial charge in [0.2, 0.25) is 5.91 Å². The number of primary amides is 1. The summed E-state index contributed by atoms with van der Waals surface area (Å²) in [6, 6.07) is 15.5. The molecule has 2 aromatic carbocycles. The van der Waals surface area contributed by atoms with E-state index in [-0.39, 0.29) is 11.8 Å². The van der Waals surface area contributed by atoms with E-state index in [4.69, 9.17) is 23.1 Å². The van der Waals surface area contributed by atoms with Crippen molar-refractivity contribution in [1.29, 1.82) is 0 Å². The van der Waals surface area contributed by atoms with Crippen LogP contribution in [0.15, 0.2) is 48.5 Å². The number of thioether (sulfide) groups is 1. The molecule has 1 amide bonds. The molecule has 0 spiro atoms. The Morgan fingerprint density at radius 2 is 1.90 bits per heavy atom. The monoisotopic (exact) mass is 320 g/mol. The average Bonchev–Trinajstić information content (AvgIpc) is 2.47. The maximum Gasteiger partial charge on any atom is 0.227 e. The van der Waals surface area contributed by atoms with E-state index in [0.717, 1.165) is 16.9 Å². The van der Waals surface area contributed by atoms with Crippen LogP contribution in [0.25, 0.3) is 0 Å². The van der Waals surface area contributed by atoms with Crippen molar-refractivity contribution in [1.82, 2.24) is 0 Å². The lowest BCUT2D eigenvalue weighted by Crippen LogP contribution is -2.15. The minimum absolute atomic E-state index is 0.0780. The quantitative estimate of drug-likeness (QED) is 0.803. The number of amides is 1. The Balaban J connectivity index is 2.31. The van der Waals surface area contributed by atoms with Gasteiger partial charge in [-0.05, 0) is 29.3 Å². The van der Waals surface area contributed by atoms with Gasteiger partial charge in [-0.1, -0.05) is 41.9 Å². The molecule has 0 heterocycles. The van der Waals surface area contributed by atoms with Crippen LogP contribution in [0.3, 0.4) is 0 Å². The molecule has 0 aromatic heterocycles. The number of nitrogens with two attached hydrogens (primary N) is 2. The summed E-state index contributed by atoms with van der Waals surface area (Å²) in [7, 11) is 0. The van der Waals surface area contributed by atoms with Gasteiger partial charge in [0.25, 0.3) is 0 Å². The van der Waals surface area contributed by atoms with E-state index < -0.39 is 0 Å². The molecule has 2 aromatic rings. The molecule has 0 aliphatic carbocycles. The zero-order valence-electron chi connectivity index (χ0n) is 11.5. The van der Waals surface area contributed by atoms with Crippen molar-refractivity contribution in [2.75, 3.05) is 17.2 Å². The van der Waals surface area contributed by atoms with Crippen molar-refractivity contribution in [3.05, 3.63) is 64.7 Å². The fourth-order valence-electron chi connectivity index (χ4n) is 2.18. The third-order valence-electron chi connectivity index (χ3n) is 3.16. The Hall–Kier alpha value is -1.65. The van der Waals surface area contributed by atoms with Gasteiger partial charge in [0.15, 0.2) is 0 Å². The summed E-state index contributed by atoms with van der Waals surface area (Å²) in [5.41, 5.74) is 14.1. The van der Waals surface area contributed by atoms with Crippen molar-refractivity contribution < 1.29 is 4.79 Å². The number of rotatable bonds is 6. The lowest BCUT2D eigenvalue weighted by Gasteiger charge is -2.19. The topological polar surface area (TPSA) is 69.1 Å². The highest BCUT2D eigenvalue weighted by Crippen LogP contribution is 2.33. The number of nitrogen functional groups attached to an aromatic ring is 1. The summed E-state index contributed by atoms with van der Waals surface area (Å²) in [6.07, 6.45) is 0. The van der Waals surface area contributed by atoms with Gasteiger partial charge in [-0.3, -0.25) is 4.79 Å². The maximum absolute atomic E-state index is 10.9. The Morgan fingerprint density at radius 3 is 2.57 bits per heavy atom. The minimum Gasteiger partial charge on any atom is -0.398 e. The molecule has 0 aliphatic heterocycles. The zero-order chi connectivity index (χ0) is 15.2. The first-order valence-electron chi connectivity index (χ1n) is 6.54. The lowest BCUT2D eigenvalue weighted by atomic mass is 9.92. The third-order valence-corrected chi connectivity index (χ3v) is 4.45. The molecule has 0 saturated heterocycles. The highest BCUT2D eigenvalue weighted by molar-refractivity contribution is 7.99. The van der Waals surface area contributed by atoms with E-state index in [0.29, 0.717) is 16.5 Å². The Labute approximate surface area is 133 Å². The molecule has 21 heavy (non-hydrogen) atoms. The molecule has 0 aliphatic rings. The zero-order valence-corrected chi connectivity index (χ0v) is 13.0. The largest absolute Gasteiger partial charge is 0.398 e. The van der Waals surface area contributed by atoms with E-state index >= 15 is 0 Å². The van der Waals surface area contributed by atoms with Crippen LogP contribution in [0.5, 0.6) is 0 Å². The number of hydrogen-bond donors (Lipinski definition) is 2. The number of carbonyl (C=O) groups excluding carboxylic acids is 1. The summed E-state index contributed by atoms with van der Waals surface area (Å²) in [6.45, 7) is 0. The summed E-state index contributed by atoms with van der Waals surface area (Å²) in [5, 5.41) is 0.653. The van der Waals surface area contributed by atoms with Gasteiger partial charge in [0.05, 0.1) is 5.75 Å². The normalized spacial score (nSPS) is 12.0. The second-order valence-corrected chi connectivity index (χ2v) is 6.18. The van der Waals surface area contributed by atoms with Gasteiger partial charge in [0, 0.05) is 22.4 Å². The first-order chi connectivity index (χ1) is 10.1. The standard InChI is InChI=1S/C16H17ClN2OS/c17-12-6-7-15(18)13(8-12)14(9-21-10-16(19)20)11-4-2-1-3-5-11/h1-8,14H,9-10,18H2,(H2,19,20). The van der Waals surface area contributed by atoms with Crippen LogP contribution in [0.2, 0.25) is 5.02 Å². The van der Waals surface area contributed by atoms with Gasteiger partial charge in [-0.15, -0.1) is 0 Å². The fraction of sp³-hybridized carbons (Fsp3) is 0.188. The molecule has 4 N–H and O–H groups in total. The Morgan fingerprint density at radius 1 is 1.19 bits per heavy atom. The third kappa shape index (κ3) is 4.41. The van der Waals surface area contributed by atoms with E-state index in [1.165, 1.54) is 11.8 Å². The molecule has 0 radical (unpaired) electrons. The molecular formula is C16H17ClN2OS. The van der Waals surface area contributed by atoms with E-state index in [2.05, 4.69) is 12.1 Å². The number of carbonyl (C=O) groups is 1. The molecule has 0 saturated carbocycles. The number of hydrogen-bond acceptors (Lipinski definition) is 3.